The Labute approximate surface area is 197 Å². The molecule has 0 saturated carbocycles. The molecule has 0 fully saturated rings. The first-order valence-corrected chi connectivity index (χ1v) is 13.3. The molecule has 0 aliphatic heterocycles. The molecule has 34 heavy (non-hydrogen) atoms. The summed E-state index contributed by atoms with van der Waals surface area (Å²) in [6, 6.07) is 12.1. The third-order valence-electron chi connectivity index (χ3n) is 4.52. The van der Waals surface area contributed by atoms with Gasteiger partial charge < -0.3 is 5.32 Å². The Bertz CT molecular complexity index is 1330. The molecule has 3 rings (SSSR count). The van der Waals surface area contributed by atoms with E-state index in [1.807, 2.05) is 0 Å². The Balaban J connectivity index is 1.56. The molecule has 2 N–H and O–H groups in total. The predicted molar refractivity (Wildman–Crippen MR) is 126 cm³/mol. The highest BCUT2D eigenvalue weighted by molar-refractivity contribution is 7.92. The Morgan fingerprint density at radius 1 is 0.971 bits per heavy atom. The van der Waals surface area contributed by atoms with Gasteiger partial charge in [0, 0.05) is 31.0 Å². The number of nitrogens with zero attached hydrogens (tertiary/aromatic N) is 3. The topological polar surface area (TPSA) is 138 Å². The number of carbonyl (C=O) groups excluding carboxylic acids is 1. The van der Waals surface area contributed by atoms with Crippen molar-refractivity contribution in [3.8, 4) is 0 Å². The van der Waals surface area contributed by atoms with Crippen molar-refractivity contribution in [2.24, 2.45) is 0 Å². The van der Waals surface area contributed by atoms with E-state index in [1.54, 1.807) is 6.07 Å². The Morgan fingerprint density at radius 2 is 1.59 bits per heavy atom. The van der Waals surface area contributed by atoms with Crippen molar-refractivity contribution in [3.05, 3.63) is 72.8 Å². The molecular formula is C21H22FN5O5S2. The maximum Gasteiger partial charge on any atom is 0.264 e. The van der Waals surface area contributed by atoms with Crippen LogP contribution in [0.3, 0.4) is 0 Å². The fourth-order valence-electron chi connectivity index (χ4n) is 2.95. The number of hydrogen-bond acceptors (Lipinski definition) is 7. The van der Waals surface area contributed by atoms with Crippen LogP contribution in [0.1, 0.15) is 12.8 Å². The summed E-state index contributed by atoms with van der Waals surface area (Å²) in [5.74, 6) is -0.929. The first-order chi connectivity index (χ1) is 16.0. The highest BCUT2D eigenvalue weighted by Crippen LogP contribution is 2.20. The zero-order valence-corrected chi connectivity index (χ0v) is 19.7. The second kappa shape index (κ2) is 10.6. The van der Waals surface area contributed by atoms with Gasteiger partial charge in [0.25, 0.3) is 10.0 Å². The van der Waals surface area contributed by atoms with Gasteiger partial charge in [-0.25, -0.2) is 35.9 Å². The number of nitrogens with one attached hydrogen (secondary N) is 2. The van der Waals surface area contributed by atoms with Crippen molar-refractivity contribution in [1.82, 2.24) is 9.97 Å². The minimum atomic E-state index is -3.90. The molecule has 0 aliphatic rings. The molecule has 1 aromatic heterocycles. The molecule has 0 bridgehead atoms. The van der Waals surface area contributed by atoms with Gasteiger partial charge in [0.2, 0.25) is 21.9 Å². The van der Waals surface area contributed by atoms with Crippen molar-refractivity contribution in [1.29, 1.82) is 0 Å². The van der Waals surface area contributed by atoms with E-state index in [0.29, 0.717) is 11.4 Å². The Hall–Kier alpha value is -3.58. The first-order valence-electron chi connectivity index (χ1n) is 9.98. The second-order valence-corrected chi connectivity index (χ2v) is 10.8. The normalized spacial score (nSPS) is 11.6. The second-order valence-electron chi connectivity index (χ2n) is 7.17. The van der Waals surface area contributed by atoms with Crippen LogP contribution in [0.4, 0.5) is 21.7 Å². The molecule has 2 aromatic carbocycles. The van der Waals surface area contributed by atoms with Crippen LogP contribution >= 0.6 is 0 Å². The van der Waals surface area contributed by atoms with E-state index < -0.39 is 25.9 Å². The van der Waals surface area contributed by atoms with Crippen molar-refractivity contribution >= 4 is 43.3 Å². The smallest absolute Gasteiger partial charge is 0.264 e. The maximum atomic E-state index is 13.1. The maximum absolute atomic E-state index is 13.1. The van der Waals surface area contributed by atoms with E-state index in [1.165, 1.54) is 48.8 Å². The lowest BCUT2D eigenvalue weighted by Gasteiger charge is -2.22. The molecule has 13 heteroatoms. The molecule has 180 valence electrons. The van der Waals surface area contributed by atoms with Crippen molar-refractivity contribution in [2.75, 3.05) is 27.1 Å². The van der Waals surface area contributed by atoms with E-state index in [9.17, 15) is 26.0 Å². The fraction of sp³-hybridized carbons (Fsp3) is 0.190. The lowest BCUT2D eigenvalue weighted by molar-refractivity contribution is -0.116. The minimum Gasteiger partial charge on any atom is -0.326 e. The molecule has 0 spiro atoms. The predicted octanol–water partition coefficient (Wildman–Crippen LogP) is 2.60. The lowest BCUT2D eigenvalue weighted by Crippen LogP contribution is -2.31. The van der Waals surface area contributed by atoms with E-state index in [4.69, 9.17) is 0 Å². The number of sulfonamides is 2. The third kappa shape index (κ3) is 6.96. The van der Waals surface area contributed by atoms with Crippen LogP contribution in [0.25, 0.3) is 0 Å². The van der Waals surface area contributed by atoms with Crippen molar-refractivity contribution in [3.63, 3.8) is 0 Å². The van der Waals surface area contributed by atoms with Crippen LogP contribution in [-0.4, -0.2) is 45.5 Å². The number of benzene rings is 2. The largest absolute Gasteiger partial charge is 0.326 e. The number of aromatic nitrogens is 2. The zero-order valence-electron chi connectivity index (χ0n) is 18.0. The molecule has 0 radical (unpaired) electrons. The van der Waals surface area contributed by atoms with Crippen LogP contribution in [0.15, 0.2) is 71.9 Å². The quantitative estimate of drug-likeness (QED) is 0.430. The number of hydrogen-bond donors (Lipinski definition) is 2. The van der Waals surface area contributed by atoms with E-state index >= 15 is 0 Å². The molecule has 0 aliphatic carbocycles. The van der Waals surface area contributed by atoms with Gasteiger partial charge >= 0.3 is 0 Å². The summed E-state index contributed by atoms with van der Waals surface area (Å²) in [5.41, 5.74) is 0.675. The van der Waals surface area contributed by atoms with Gasteiger partial charge in [-0.05, 0) is 61.0 Å². The minimum absolute atomic E-state index is 0.0141. The van der Waals surface area contributed by atoms with Crippen LogP contribution in [0.5, 0.6) is 0 Å². The SMILES string of the molecule is CS(=O)(=O)N(CCCC(=O)Nc1ccc(S(=O)(=O)Nc2ncccn2)cc1)c1ccc(F)cc1. The van der Waals surface area contributed by atoms with Crippen LogP contribution in [-0.2, 0) is 24.8 Å². The summed E-state index contributed by atoms with van der Waals surface area (Å²) in [7, 11) is -7.52. The monoisotopic (exact) mass is 507 g/mol. The average molecular weight is 508 g/mol. The Morgan fingerprint density at radius 3 is 2.18 bits per heavy atom. The highest BCUT2D eigenvalue weighted by Gasteiger charge is 2.18. The number of halogens is 1. The first kappa shape index (κ1) is 25.1. The van der Waals surface area contributed by atoms with E-state index in [2.05, 4.69) is 20.0 Å². The molecule has 0 saturated heterocycles. The molecule has 3 aromatic rings. The van der Waals surface area contributed by atoms with E-state index in [-0.39, 0.29) is 36.1 Å². The summed E-state index contributed by atoms with van der Waals surface area (Å²) in [6.45, 7) is 0.0301. The molecule has 10 nitrogen and oxygen atoms in total. The van der Waals surface area contributed by atoms with E-state index in [0.717, 1.165) is 22.7 Å². The summed E-state index contributed by atoms with van der Waals surface area (Å²) in [4.78, 5) is 19.8. The number of anilines is 3. The fourth-order valence-corrected chi connectivity index (χ4v) is 4.87. The van der Waals surface area contributed by atoms with Gasteiger partial charge in [-0.2, -0.15) is 0 Å². The average Bonchev–Trinajstić information content (AvgIpc) is 2.77. The number of carbonyl (C=O) groups is 1. The lowest BCUT2D eigenvalue weighted by atomic mass is 10.2. The van der Waals surface area contributed by atoms with Gasteiger partial charge in [0.15, 0.2) is 0 Å². The van der Waals surface area contributed by atoms with Gasteiger partial charge in [0.1, 0.15) is 5.82 Å². The Kier molecular flexibility index (Phi) is 7.79. The summed E-state index contributed by atoms with van der Waals surface area (Å²) >= 11 is 0. The van der Waals surface area contributed by atoms with Gasteiger partial charge in [0.05, 0.1) is 16.8 Å². The summed E-state index contributed by atoms with van der Waals surface area (Å²) in [5, 5.41) is 2.63. The van der Waals surface area contributed by atoms with Crippen LogP contribution < -0.4 is 14.3 Å². The van der Waals surface area contributed by atoms with Crippen LogP contribution in [0, 0.1) is 5.82 Å². The highest BCUT2D eigenvalue weighted by atomic mass is 32.2. The van der Waals surface area contributed by atoms with Crippen molar-refractivity contribution in [2.45, 2.75) is 17.7 Å². The molecule has 0 unspecified atom stereocenters. The molecule has 1 amide bonds. The van der Waals surface area contributed by atoms with Crippen molar-refractivity contribution < 1.29 is 26.0 Å². The standard InChI is InChI=1S/C21H22FN5O5S2/c1-33(29,30)27(18-9-5-16(22)6-10-18)15-2-4-20(28)25-17-7-11-19(12-8-17)34(31,32)26-21-23-13-3-14-24-21/h3,5-14H,2,4,15H2,1H3,(H,25,28)(H,23,24,26). The number of amides is 1. The molecular weight excluding hydrogens is 485 g/mol. The van der Waals surface area contributed by atoms with Gasteiger partial charge in [-0.3, -0.25) is 9.10 Å². The number of rotatable bonds is 10. The zero-order chi connectivity index (χ0) is 24.8. The van der Waals surface area contributed by atoms with Gasteiger partial charge in [-0.1, -0.05) is 0 Å². The summed E-state index contributed by atoms with van der Waals surface area (Å²) in [6.07, 6.45) is 4.06. The third-order valence-corrected chi connectivity index (χ3v) is 7.06. The van der Waals surface area contributed by atoms with Crippen LogP contribution in [0.2, 0.25) is 0 Å². The van der Waals surface area contributed by atoms with Gasteiger partial charge in [-0.15, -0.1) is 0 Å². The molecule has 0 atom stereocenters. The molecule has 1 heterocycles. The summed E-state index contributed by atoms with van der Waals surface area (Å²) < 4.78 is 65.5.